The zero-order valence-electron chi connectivity index (χ0n) is 34.6. The Hall–Kier alpha value is -8.50. The molecule has 0 aliphatic carbocycles. The van der Waals surface area contributed by atoms with Crippen LogP contribution in [0, 0.1) is 6.92 Å². The fraction of sp³-hybridized carbons (Fsp3) is 0.351. The molecule has 7 amide bonds. The highest BCUT2D eigenvalue weighted by molar-refractivity contribution is 7.19. The van der Waals surface area contributed by atoms with Crippen LogP contribution in [0.4, 0.5) is 5.13 Å². The first-order valence-electron chi connectivity index (χ1n) is 19.2. The molecular weight excluding hydrogens is 899 g/mol. The molecule has 0 fully saturated rings. The standard InChI is InChI=1S/C37H45N13O15S/c1-16-29(66-37(43-16)48-30(59)17-6-3-2-4-7-17)19-10-22(50-49-19)32(61)42-14-24(51)44-18(8-5-9-40-36(38)39)31(60)41-15-25(52)45-20(11-26(53)54)33(62)46-21(12-27(55)56)34(63)47-23(35(64)65)13-28(57)58/h2-4,6-7,10,18,20-21,23H,5,8-9,11-15H2,1H3,(H,41,60)(H,42,61)(H,44,51)(H,45,52)(H,46,62)(H,47,63)(H,49,50)(H,53,54)(H,55,56)(H,57,58)(H,64,65)(H4,38,39,40)(H,43,48,59)/t18-,20-,21-,23-/m1/s1. The van der Waals surface area contributed by atoms with Crippen LogP contribution in [0.3, 0.4) is 0 Å². The first-order chi connectivity index (χ1) is 31.1. The van der Waals surface area contributed by atoms with Crippen LogP contribution >= 0.6 is 11.3 Å². The van der Waals surface area contributed by atoms with Crippen LogP contribution in [-0.4, -0.2) is 151 Å². The van der Waals surface area contributed by atoms with E-state index < -0.39 is 116 Å². The van der Waals surface area contributed by atoms with Gasteiger partial charge in [0, 0.05) is 12.1 Å². The maximum absolute atomic E-state index is 13.2. The van der Waals surface area contributed by atoms with E-state index in [1.807, 2.05) is 10.6 Å². The highest BCUT2D eigenvalue weighted by atomic mass is 32.1. The molecule has 0 saturated heterocycles. The van der Waals surface area contributed by atoms with E-state index in [2.05, 4.69) is 41.4 Å². The summed E-state index contributed by atoms with van der Waals surface area (Å²) in [6.07, 6.45) is -3.47. The van der Waals surface area contributed by atoms with Crippen LogP contribution in [0.5, 0.6) is 0 Å². The Morgan fingerprint density at radius 2 is 1.26 bits per heavy atom. The Morgan fingerprint density at radius 3 is 1.83 bits per heavy atom. The number of benzene rings is 1. The van der Waals surface area contributed by atoms with Crippen molar-refractivity contribution in [2.75, 3.05) is 25.0 Å². The maximum atomic E-state index is 13.2. The summed E-state index contributed by atoms with van der Waals surface area (Å²) in [5.41, 5.74) is 11.9. The van der Waals surface area contributed by atoms with Crippen LogP contribution in [0.15, 0.2) is 41.4 Å². The summed E-state index contributed by atoms with van der Waals surface area (Å²) in [6.45, 7) is 0.0839. The van der Waals surface area contributed by atoms with Gasteiger partial charge in [0.1, 0.15) is 24.2 Å². The number of hydrogen-bond acceptors (Lipinski definition) is 15. The van der Waals surface area contributed by atoms with Crippen molar-refractivity contribution in [3.63, 3.8) is 0 Å². The van der Waals surface area contributed by atoms with E-state index in [1.165, 1.54) is 6.07 Å². The summed E-state index contributed by atoms with van der Waals surface area (Å²) in [5, 5.41) is 59.0. The van der Waals surface area contributed by atoms with Crippen molar-refractivity contribution in [3.8, 4) is 10.6 Å². The molecule has 0 unspecified atom stereocenters. The van der Waals surface area contributed by atoms with E-state index >= 15 is 0 Å². The molecule has 28 nitrogen and oxygen atoms in total. The van der Waals surface area contributed by atoms with Crippen molar-refractivity contribution in [1.29, 1.82) is 0 Å². The number of aromatic amines is 1. The molecule has 0 aliphatic heterocycles. The zero-order chi connectivity index (χ0) is 49.1. The molecule has 0 saturated carbocycles. The predicted octanol–water partition coefficient (Wildman–Crippen LogP) is -3.56. The normalized spacial score (nSPS) is 12.4. The molecule has 0 radical (unpaired) electrons. The Labute approximate surface area is 375 Å². The molecule has 0 aliphatic rings. The highest BCUT2D eigenvalue weighted by Gasteiger charge is 2.33. The van der Waals surface area contributed by atoms with Crippen molar-refractivity contribution >= 4 is 87.7 Å². The summed E-state index contributed by atoms with van der Waals surface area (Å²) in [7, 11) is 0. The van der Waals surface area contributed by atoms with Crippen LogP contribution in [0.1, 0.15) is 58.6 Å². The topological polar surface area (TPSA) is 459 Å². The largest absolute Gasteiger partial charge is 0.481 e. The maximum Gasteiger partial charge on any atom is 0.326 e. The second-order valence-electron chi connectivity index (χ2n) is 13.8. The summed E-state index contributed by atoms with van der Waals surface area (Å²) < 4.78 is 0. The van der Waals surface area contributed by atoms with E-state index in [0.717, 1.165) is 11.3 Å². The number of aliphatic carboxylic acids is 4. The number of carboxylic acids is 4. The summed E-state index contributed by atoms with van der Waals surface area (Å²) in [5.74, 6) is -14.2. The number of nitrogens with zero attached hydrogens (tertiary/aromatic N) is 3. The number of carbonyl (C=O) groups excluding carboxylic acids is 7. The lowest BCUT2D eigenvalue weighted by molar-refractivity contribution is -0.148. The predicted molar refractivity (Wildman–Crippen MR) is 226 cm³/mol. The fourth-order valence-corrected chi connectivity index (χ4v) is 6.43. The van der Waals surface area contributed by atoms with E-state index in [-0.39, 0.29) is 36.9 Å². The minimum atomic E-state index is -2.08. The molecule has 66 heavy (non-hydrogen) atoms. The number of aromatic nitrogens is 3. The fourth-order valence-electron chi connectivity index (χ4n) is 5.50. The molecular formula is C37H45N13O15S. The van der Waals surface area contributed by atoms with Gasteiger partial charge in [-0.1, -0.05) is 29.5 Å². The number of thiazole rings is 1. The SMILES string of the molecule is Cc1nc(NC(=O)c2ccccc2)sc1-c1cc(C(=O)NCC(=O)N[C@H](CCCN=C(N)N)C(=O)NCC(=O)N[C@H](CC(=O)O)C(=O)N[C@H](CC(=O)O)C(=O)N[C@H](CC(=O)O)C(=O)O)n[nH]1. The molecule has 1 aromatic carbocycles. The van der Waals surface area contributed by atoms with Gasteiger partial charge in [-0.3, -0.25) is 63.4 Å². The number of aliphatic imine (C=N–C) groups is 1. The lowest BCUT2D eigenvalue weighted by Crippen LogP contribution is -2.57. The van der Waals surface area contributed by atoms with Crippen molar-refractivity contribution < 1.29 is 73.2 Å². The van der Waals surface area contributed by atoms with Gasteiger partial charge >= 0.3 is 23.9 Å². The Morgan fingerprint density at radius 1 is 0.712 bits per heavy atom. The van der Waals surface area contributed by atoms with Gasteiger partial charge in [0.2, 0.25) is 29.5 Å². The van der Waals surface area contributed by atoms with Crippen LogP contribution in [0.25, 0.3) is 10.6 Å². The smallest absolute Gasteiger partial charge is 0.326 e. The van der Waals surface area contributed by atoms with Gasteiger partial charge in [0.15, 0.2) is 16.8 Å². The Kier molecular flexibility index (Phi) is 19.6. The van der Waals surface area contributed by atoms with Crippen LogP contribution < -0.4 is 48.7 Å². The van der Waals surface area contributed by atoms with Gasteiger partial charge in [-0.25, -0.2) is 9.78 Å². The van der Waals surface area contributed by atoms with Gasteiger partial charge in [-0.05, 0) is 38.0 Å². The number of nitrogens with one attached hydrogen (secondary N) is 8. The molecule has 0 bridgehead atoms. The number of H-pyrrole nitrogens is 1. The zero-order valence-corrected chi connectivity index (χ0v) is 35.4. The molecule has 3 rings (SSSR count). The average Bonchev–Trinajstić information content (AvgIpc) is 3.88. The first-order valence-corrected chi connectivity index (χ1v) is 20.0. The average molecular weight is 944 g/mol. The van der Waals surface area contributed by atoms with Crippen LogP contribution in [-0.2, 0) is 43.2 Å². The van der Waals surface area contributed by atoms with Crippen LogP contribution in [0.2, 0.25) is 0 Å². The first kappa shape index (κ1) is 51.8. The molecule has 4 atom stereocenters. The summed E-state index contributed by atoms with van der Waals surface area (Å²) in [6, 6.07) is 2.33. The third-order valence-corrected chi connectivity index (χ3v) is 9.68. The molecule has 16 N–H and O–H groups in total. The monoisotopic (exact) mass is 943 g/mol. The molecule has 3 aromatic rings. The van der Waals surface area contributed by atoms with Gasteiger partial charge in [-0.15, -0.1) is 0 Å². The van der Waals surface area contributed by atoms with Gasteiger partial charge in [-0.2, -0.15) is 5.10 Å². The molecule has 2 aromatic heterocycles. The number of amides is 7. The molecule has 0 spiro atoms. The van der Waals surface area contributed by atoms with Crippen molar-refractivity contribution in [2.24, 2.45) is 16.5 Å². The number of carboxylic acid groups (broad SMARTS) is 4. The number of carbonyl (C=O) groups is 11. The van der Waals surface area contributed by atoms with Gasteiger partial charge in [0.05, 0.1) is 48.6 Å². The van der Waals surface area contributed by atoms with Crippen molar-refractivity contribution in [3.05, 3.63) is 53.3 Å². The summed E-state index contributed by atoms with van der Waals surface area (Å²) >= 11 is 1.12. The number of guanidine groups is 1. The number of nitrogens with two attached hydrogens (primary N) is 2. The number of rotatable bonds is 26. The highest BCUT2D eigenvalue weighted by Crippen LogP contribution is 2.32. The molecule has 354 valence electrons. The lowest BCUT2D eigenvalue weighted by atomic mass is 10.1. The number of hydrogen-bond donors (Lipinski definition) is 14. The molecule has 29 heteroatoms. The summed E-state index contributed by atoms with van der Waals surface area (Å²) in [4.78, 5) is 144. The van der Waals surface area contributed by atoms with E-state index in [9.17, 15) is 68.1 Å². The van der Waals surface area contributed by atoms with Gasteiger partial charge < -0.3 is 63.8 Å². The Balaban J connectivity index is 1.63. The number of anilines is 1. The minimum Gasteiger partial charge on any atom is -0.481 e. The van der Waals surface area contributed by atoms with Crippen molar-refractivity contribution in [2.45, 2.75) is 63.2 Å². The number of aryl methyl sites for hydroxylation is 1. The molecule has 2 heterocycles. The van der Waals surface area contributed by atoms with Crippen molar-refractivity contribution in [1.82, 2.24) is 47.1 Å². The van der Waals surface area contributed by atoms with Gasteiger partial charge in [0.25, 0.3) is 11.8 Å². The third-order valence-electron chi connectivity index (χ3n) is 8.57. The van der Waals surface area contributed by atoms with E-state index in [1.54, 1.807) is 42.6 Å². The third kappa shape index (κ3) is 17.3. The second-order valence-corrected chi connectivity index (χ2v) is 14.8. The van der Waals surface area contributed by atoms with E-state index in [0.29, 0.717) is 27.0 Å². The lowest BCUT2D eigenvalue weighted by Gasteiger charge is -2.23. The quantitative estimate of drug-likeness (QED) is 0.0210. The Bertz CT molecular complexity index is 2350. The minimum absolute atomic E-state index is 0.00419. The van der Waals surface area contributed by atoms with E-state index in [4.69, 9.17) is 16.6 Å². The second kappa shape index (κ2) is 25.0.